The Kier molecular flexibility index (Phi) is 8.81. The highest BCUT2D eigenvalue weighted by Crippen LogP contribution is 2.19. The summed E-state index contributed by atoms with van der Waals surface area (Å²) in [5, 5.41) is 10.8. The summed E-state index contributed by atoms with van der Waals surface area (Å²) in [4.78, 5) is 4.59. The van der Waals surface area contributed by atoms with E-state index in [-0.39, 0.29) is 24.0 Å². The molecule has 1 atom stereocenters. The zero-order valence-electron chi connectivity index (χ0n) is 14.7. The third-order valence-electron chi connectivity index (χ3n) is 3.73. The SMILES string of the molecule is CCNC(=NCc1cc(-c2ccccc2)on1)NC(C)C(C)C.I. The second-order valence-electron chi connectivity index (χ2n) is 5.92. The smallest absolute Gasteiger partial charge is 0.191 e. The zero-order chi connectivity index (χ0) is 16.7. The number of hydrogen-bond acceptors (Lipinski definition) is 3. The third kappa shape index (κ3) is 6.14. The van der Waals surface area contributed by atoms with Gasteiger partial charge in [0, 0.05) is 24.2 Å². The van der Waals surface area contributed by atoms with Crippen molar-refractivity contribution in [2.24, 2.45) is 10.9 Å². The molecular formula is C18H27IN4O. The average Bonchev–Trinajstić information content (AvgIpc) is 3.02. The van der Waals surface area contributed by atoms with Crippen molar-refractivity contribution in [3.8, 4) is 11.3 Å². The van der Waals surface area contributed by atoms with E-state index in [1.165, 1.54) is 0 Å². The number of aliphatic imine (C=N–C) groups is 1. The molecule has 0 fully saturated rings. The minimum Gasteiger partial charge on any atom is -0.357 e. The van der Waals surface area contributed by atoms with Gasteiger partial charge in [0.05, 0.1) is 6.54 Å². The van der Waals surface area contributed by atoms with E-state index < -0.39 is 0 Å². The Labute approximate surface area is 161 Å². The van der Waals surface area contributed by atoms with Crippen LogP contribution in [0.25, 0.3) is 11.3 Å². The standard InChI is InChI=1S/C18H26N4O.HI/c1-5-19-18(21-14(4)13(2)3)20-12-16-11-17(23-22-16)15-9-7-6-8-10-15;/h6-11,13-14H,5,12H2,1-4H3,(H2,19,20,21);1H. The van der Waals surface area contributed by atoms with Crippen molar-refractivity contribution < 1.29 is 4.52 Å². The van der Waals surface area contributed by atoms with Gasteiger partial charge >= 0.3 is 0 Å². The van der Waals surface area contributed by atoms with E-state index in [0.29, 0.717) is 18.5 Å². The summed E-state index contributed by atoms with van der Waals surface area (Å²) in [5.41, 5.74) is 1.84. The molecule has 2 rings (SSSR count). The number of rotatable bonds is 6. The highest BCUT2D eigenvalue weighted by atomic mass is 127. The Morgan fingerprint density at radius 3 is 2.54 bits per heavy atom. The van der Waals surface area contributed by atoms with Crippen LogP contribution < -0.4 is 10.6 Å². The molecule has 0 aliphatic heterocycles. The fraction of sp³-hybridized carbons (Fsp3) is 0.444. The number of hydrogen-bond donors (Lipinski definition) is 2. The van der Waals surface area contributed by atoms with E-state index in [2.05, 4.69) is 48.5 Å². The Bertz CT molecular complexity index is 625. The molecule has 0 bridgehead atoms. The molecule has 0 amide bonds. The number of nitrogens with zero attached hydrogens (tertiary/aromatic N) is 2. The molecule has 1 unspecified atom stereocenters. The molecule has 0 spiro atoms. The quantitative estimate of drug-likeness (QED) is 0.403. The van der Waals surface area contributed by atoms with Crippen LogP contribution in [0.3, 0.4) is 0 Å². The summed E-state index contributed by atoms with van der Waals surface area (Å²) in [6, 6.07) is 12.2. The Hall–Kier alpha value is -1.57. The molecule has 6 heteroatoms. The van der Waals surface area contributed by atoms with Crippen LogP contribution in [0, 0.1) is 5.92 Å². The summed E-state index contributed by atoms with van der Waals surface area (Å²) in [6.07, 6.45) is 0. The molecule has 1 aromatic carbocycles. The van der Waals surface area contributed by atoms with E-state index in [0.717, 1.165) is 29.5 Å². The highest BCUT2D eigenvalue weighted by molar-refractivity contribution is 14.0. The van der Waals surface area contributed by atoms with E-state index in [4.69, 9.17) is 4.52 Å². The van der Waals surface area contributed by atoms with Gasteiger partial charge in [-0.2, -0.15) is 0 Å². The molecular weight excluding hydrogens is 415 g/mol. The molecule has 0 aliphatic carbocycles. The Morgan fingerprint density at radius 2 is 1.92 bits per heavy atom. The monoisotopic (exact) mass is 442 g/mol. The topological polar surface area (TPSA) is 62.5 Å². The molecule has 1 aromatic heterocycles. The molecule has 5 nitrogen and oxygen atoms in total. The lowest BCUT2D eigenvalue weighted by Crippen LogP contribution is -2.44. The molecule has 2 aromatic rings. The van der Waals surface area contributed by atoms with Gasteiger partial charge in [0.2, 0.25) is 0 Å². The molecule has 0 aliphatic rings. The molecule has 24 heavy (non-hydrogen) atoms. The van der Waals surface area contributed by atoms with E-state index in [1.807, 2.05) is 36.4 Å². The first-order valence-corrected chi connectivity index (χ1v) is 8.16. The van der Waals surface area contributed by atoms with Crippen LogP contribution in [-0.4, -0.2) is 23.7 Å². The van der Waals surface area contributed by atoms with Crippen LogP contribution in [0.15, 0.2) is 45.9 Å². The molecule has 1 heterocycles. The van der Waals surface area contributed by atoms with E-state index >= 15 is 0 Å². The molecule has 2 N–H and O–H groups in total. The Morgan fingerprint density at radius 1 is 1.21 bits per heavy atom. The minimum absolute atomic E-state index is 0. The fourth-order valence-electron chi connectivity index (χ4n) is 1.99. The lowest BCUT2D eigenvalue weighted by molar-refractivity contribution is 0.423. The number of guanidine groups is 1. The Balaban J connectivity index is 0.00000288. The summed E-state index contributed by atoms with van der Waals surface area (Å²) in [5.74, 6) is 2.11. The van der Waals surface area contributed by atoms with Crippen molar-refractivity contribution in [1.82, 2.24) is 15.8 Å². The number of aromatic nitrogens is 1. The lowest BCUT2D eigenvalue weighted by atomic mass is 10.1. The van der Waals surface area contributed by atoms with Crippen LogP contribution in [-0.2, 0) is 6.54 Å². The summed E-state index contributed by atoms with van der Waals surface area (Å²) in [6.45, 7) is 9.89. The highest BCUT2D eigenvalue weighted by Gasteiger charge is 2.10. The molecule has 0 radical (unpaired) electrons. The van der Waals surface area contributed by atoms with Crippen molar-refractivity contribution >= 4 is 29.9 Å². The lowest BCUT2D eigenvalue weighted by Gasteiger charge is -2.20. The number of benzene rings is 1. The average molecular weight is 442 g/mol. The van der Waals surface area contributed by atoms with Crippen LogP contribution >= 0.6 is 24.0 Å². The van der Waals surface area contributed by atoms with Gasteiger partial charge in [-0.15, -0.1) is 24.0 Å². The van der Waals surface area contributed by atoms with Gasteiger partial charge in [-0.1, -0.05) is 49.3 Å². The second-order valence-corrected chi connectivity index (χ2v) is 5.92. The largest absolute Gasteiger partial charge is 0.357 e. The van der Waals surface area contributed by atoms with Gasteiger partial charge in [0.1, 0.15) is 5.69 Å². The zero-order valence-corrected chi connectivity index (χ0v) is 17.1. The second kappa shape index (κ2) is 10.3. The first-order chi connectivity index (χ1) is 11.1. The maximum absolute atomic E-state index is 5.40. The summed E-state index contributed by atoms with van der Waals surface area (Å²) in [7, 11) is 0. The van der Waals surface area contributed by atoms with Gasteiger partial charge in [-0.25, -0.2) is 4.99 Å². The number of halogens is 1. The van der Waals surface area contributed by atoms with Gasteiger partial charge in [-0.3, -0.25) is 0 Å². The minimum atomic E-state index is 0. The third-order valence-corrected chi connectivity index (χ3v) is 3.73. The molecule has 0 saturated carbocycles. The normalized spacial score (nSPS) is 12.6. The first-order valence-electron chi connectivity index (χ1n) is 8.16. The maximum Gasteiger partial charge on any atom is 0.191 e. The van der Waals surface area contributed by atoms with Gasteiger partial charge in [0.25, 0.3) is 0 Å². The molecule has 0 saturated heterocycles. The van der Waals surface area contributed by atoms with Gasteiger partial charge < -0.3 is 15.2 Å². The van der Waals surface area contributed by atoms with Gasteiger partial charge in [0.15, 0.2) is 11.7 Å². The van der Waals surface area contributed by atoms with Crippen molar-refractivity contribution in [3.63, 3.8) is 0 Å². The first kappa shape index (κ1) is 20.5. The van der Waals surface area contributed by atoms with Gasteiger partial charge in [-0.05, 0) is 19.8 Å². The maximum atomic E-state index is 5.40. The van der Waals surface area contributed by atoms with Crippen molar-refractivity contribution in [2.75, 3.05) is 6.54 Å². The summed E-state index contributed by atoms with van der Waals surface area (Å²) >= 11 is 0. The van der Waals surface area contributed by atoms with Crippen molar-refractivity contribution in [2.45, 2.75) is 40.3 Å². The van der Waals surface area contributed by atoms with E-state index in [9.17, 15) is 0 Å². The molecule has 132 valence electrons. The van der Waals surface area contributed by atoms with Crippen LogP contribution in [0.2, 0.25) is 0 Å². The van der Waals surface area contributed by atoms with Crippen LogP contribution in [0.4, 0.5) is 0 Å². The van der Waals surface area contributed by atoms with Crippen LogP contribution in [0.5, 0.6) is 0 Å². The van der Waals surface area contributed by atoms with Crippen molar-refractivity contribution in [1.29, 1.82) is 0 Å². The predicted octanol–water partition coefficient (Wildman–Crippen LogP) is 4.06. The van der Waals surface area contributed by atoms with Crippen LogP contribution in [0.1, 0.15) is 33.4 Å². The van der Waals surface area contributed by atoms with Crippen molar-refractivity contribution in [3.05, 3.63) is 42.1 Å². The summed E-state index contributed by atoms with van der Waals surface area (Å²) < 4.78 is 5.40. The van der Waals surface area contributed by atoms with E-state index in [1.54, 1.807) is 0 Å². The fourth-order valence-corrected chi connectivity index (χ4v) is 1.99. The predicted molar refractivity (Wildman–Crippen MR) is 110 cm³/mol. The number of nitrogens with one attached hydrogen (secondary N) is 2.